The van der Waals surface area contributed by atoms with Gasteiger partial charge in [-0.2, -0.15) is 0 Å². The van der Waals surface area contributed by atoms with E-state index in [2.05, 4.69) is 85.5 Å². The molecular weight excluding hydrogens is 402 g/mol. The Morgan fingerprint density at radius 1 is 0.643 bits per heavy atom. The summed E-state index contributed by atoms with van der Waals surface area (Å²) in [5.74, 6) is 0.760. The number of fused-ring (bicyclic) bond motifs is 1. The van der Waals surface area contributed by atoms with Crippen molar-refractivity contribution in [2.45, 2.75) is 0 Å². The molecule has 0 amide bonds. The zero-order valence-corrected chi connectivity index (χ0v) is 18.5. The fraction of sp³-hybridized carbons (Fsp3) is 0. The average molecular weight is 420 g/mol. The smallest absolute Gasteiger partial charge is 0.160 e. The van der Waals surface area contributed by atoms with E-state index in [0.717, 1.165) is 32.5 Å². The predicted molar refractivity (Wildman–Crippen MR) is 139 cm³/mol. The van der Waals surface area contributed by atoms with Crippen LogP contribution in [0.25, 0.3) is 33.5 Å². The van der Waals surface area contributed by atoms with Crippen LogP contribution in [-0.4, -0.2) is 49.2 Å². The largest absolute Gasteiger partial charge is 0.228 e. The lowest BCUT2D eigenvalue weighted by molar-refractivity contribution is 1.23. The number of para-hydroxylation sites is 1. The maximum Gasteiger partial charge on any atom is 0.160 e. The third-order valence-corrected chi connectivity index (χ3v) is 6.47. The second-order valence-electron chi connectivity index (χ2n) is 7.42. The van der Waals surface area contributed by atoms with Crippen LogP contribution < -0.4 is 27.3 Å². The number of hydrogen-bond acceptors (Lipinski definition) is 2. The molecule has 0 aliphatic heterocycles. The molecule has 1 aromatic heterocycles. The molecule has 0 saturated carbocycles. The molecule has 8 heteroatoms. The van der Waals surface area contributed by atoms with E-state index in [1.54, 1.807) is 0 Å². The molecule has 0 radical (unpaired) electrons. The Bertz CT molecular complexity index is 1200. The monoisotopic (exact) mass is 420 g/mol. The average Bonchev–Trinajstić information content (AvgIpc) is 2.71. The molecule has 0 spiro atoms. The van der Waals surface area contributed by atoms with Gasteiger partial charge < -0.3 is 0 Å². The molecule has 0 aliphatic carbocycles. The Morgan fingerprint density at radius 3 is 1.86 bits per heavy atom. The molecule has 0 N–H and O–H groups in total. The molecule has 0 fully saturated rings. The van der Waals surface area contributed by atoms with Crippen LogP contribution in [0.1, 0.15) is 0 Å². The SMILES string of the molecule is Bc1c(B)c(B)c(-c2nc(-c3ccc(Br)cc3)nc3ccccc23)c(B)c1B. The van der Waals surface area contributed by atoms with Crippen molar-refractivity contribution in [3.63, 3.8) is 0 Å². The fourth-order valence-corrected chi connectivity index (χ4v) is 4.11. The lowest BCUT2D eigenvalue weighted by atomic mass is 9.60. The summed E-state index contributed by atoms with van der Waals surface area (Å²) < 4.78 is 1.05. The number of hydrogen-bond donors (Lipinski definition) is 0. The number of nitrogens with zero attached hydrogens (tertiary/aromatic N) is 2. The van der Waals surface area contributed by atoms with Crippen LogP contribution in [0.3, 0.4) is 0 Å². The zero-order valence-electron chi connectivity index (χ0n) is 16.9. The standard InChI is InChI=1S/C20H18B5BrN2/c21-14-13(15(22)17(24)18(25)16(14)23)19-11-3-1-2-4-12(11)27-20(28-19)9-5-7-10(26)8-6-9/h1-8H,21-25H2. The highest BCUT2D eigenvalue weighted by molar-refractivity contribution is 9.10. The molecule has 0 unspecified atom stereocenters. The molecule has 0 saturated heterocycles. The van der Waals surface area contributed by atoms with Crippen LogP contribution in [0.4, 0.5) is 0 Å². The van der Waals surface area contributed by atoms with Gasteiger partial charge in [0, 0.05) is 15.4 Å². The van der Waals surface area contributed by atoms with Gasteiger partial charge in [0.25, 0.3) is 0 Å². The van der Waals surface area contributed by atoms with Crippen molar-refractivity contribution in [2.75, 3.05) is 0 Å². The highest BCUT2D eigenvalue weighted by atomic mass is 79.9. The molecular formula is C20H18B5BrN2. The van der Waals surface area contributed by atoms with Gasteiger partial charge in [-0.3, -0.25) is 0 Å². The molecule has 28 heavy (non-hydrogen) atoms. The highest BCUT2D eigenvalue weighted by Crippen LogP contribution is 2.27. The Morgan fingerprint density at radius 2 is 1.21 bits per heavy atom. The molecule has 1 heterocycles. The summed E-state index contributed by atoms with van der Waals surface area (Å²) in [5.41, 5.74) is 10.9. The maximum atomic E-state index is 5.08. The minimum absolute atomic E-state index is 0.760. The van der Waals surface area contributed by atoms with Gasteiger partial charge in [-0.1, -0.05) is 57.2 Å². The van der Waals surface area contributed by atoms with E-state index in [4.69, 9.17) is 9.97 Å². The Balaban J connectivity index is 2.09. The van der Waals surface area contributed by atoms with Crippen molar-refractivity contribution in [3.8, 4) is 22.6 Å². The summed E-state index contributed by atoms with van der Waals surface area (Å²) in [5, 5.41) is 1.09. The first-order chi connectivity index (χ1) is 13.4. The van der Waals surface area contributed by atoms with E-state index in [9.17, 15) is 0 Å². The Labute approximate surface area is 178 Å². The molecule has 0 bridgehead atoms. The second kappa shape index (κ2) is 7.33. The quantitative estimate of drug-likeness (QED) is 0.324. The number of benzene rings is 3. The van der Waals surface area contributed by atoms with Crippen LogP contribution >= 0.6 is 15.9 Å². The first-order valence-electron chi connectivity index (χ1n) is 9.48. The molecule has 3 aromatic carbocycles. The summed E-state index contributed by atoms with van der Waals surface area (Å²) in [6, 6.07) is 16.5. The first-order valence-corrected chi connectivity index (χ1v) is 10.3. The van der Waals surface area contributed by atoms with E-state index in [1.807, 2.05) is 18.2 Å². The van der Waals surface area contributed by atoms with Crippen LogP contribution in [0.2, 0.25) is 0 Å². The topological polar surface area (TPSA) is 25.8 Å². The van der Waals surface area contributed by atoms with Gasteiger partial charge in [-0.15, -0.1) is 16.4 Å². The van der Waals surface area contributed by atoms with Crippen molar-refractivity contribution in [1.29, 1.82) is 0 Å². The molecule has 0 aliphatic rings. The molecule has 2 nitrogen and oxygen atoms in total. The van der Waals surface area contributed by atoms with Crippen LogP contribution in [0, 0.1) is 0 Å². The fourth-order valence-electron chi connectivity index (χ4n) is 3.85. The van der Waals surface area contributed by atoms with Crippen molar-refractivity contribution < 1.29 is 0 Å². The lowest BCUT2D eigenvalue weighted by Crippen LogP contribution is -2.55. The van der Waals surface area contributed by atoms with Crippen molar-refractivity contribution >= 4 is 93.4 Å². The highest BCUT2D eigenvalue weighted by Gasteiger charge is 2.18. The third kappa shape index (κ3) is 3.14. The van der Waals surface area contributed by atoms with Gasteiger partial charge in [0.05, 0.1) is 11.2 Å². The summed E-state index contributed by atoms with van der Waals surface area (Å²) in [7, 11) is 11.0. The molecule has 4 rings (SSSR count). The summed E-state index contributed by atoms with van der Waals surface area (Å²) in [4.78, 5) is 9.93. The van der Waals surface area contributed by atoms with Gasteiger partial charge >= 0.3 is 0 Å². The predicted octanol–water partition coefficient (Wildman–Crippen LogP) is -2.98. The van der Waals surface area contributed by atoms with E-state index in [-0.39, 0.29) is 0 Å². The van der Waals surface area contributed by atoms with Gasteiger partial charge in [-0.05, 0) is 23.8 Å². The molecule has 0 atom stereocenters. The van der Waals surface area contributed by atoms with Crippen LogP contribution in [-0.2, 0) is 0 Å². The number of aromatic nitrogens is 2. The maximum absolute atomic E-state index is 5.08. The summed E-state index contributed by atoms with van der Waals surface area (Å²) in [6.45, 7) is 0. The first kappa shape index (κ1) is 19.1. The van der Waals surface area contributed by atoms with Crippen LogP contribution in [0.5, 0.6) is 0 Å². The Kier molecular flexibility index (Phi) is 5.01. The number of rotatable bonds is 2. The van der Waals surface area contributed by atoms with Gasteiger partial charge in [0.15, 0.2) is 5.82 Å². The van der Waals surface area contributed by atoms with Gasteiger partial charge in [0.2, 0.25) is 0 Å². The third-order valence-electron chi connectivity index (χ3n) is 5.94. The minimum Gasteiger partial charge on any atom is -0.228 e. The van der Waals surface area contributed by atoms with Gasteiger partial charge in [-0.25, -0.2) is 9.97 Å². The minimum atomic E-state index is 0.760. The van der Waals surface area contributed by atoms with Gasteiger partial charge in [0.1, 0.15) is 39.2 Å². The summed E-state index contributed by atoms with van der Waals surface area (Å²) >= 11 is 3.51. The second-order valence-corrected chi connectivity index (χ2v) is 8.34. The van der Waals surface area contributed by atoms with Crippen molar-refractivity contribution in [3.05, 3.63) is 53.0 Å². The van der Waals surface area contributed by atoms with Crippen LogP contribution in [0.15, 0.2) is 53.0 Å². The van der Waals surface area contributed by atoms with E-state index < -0.39 is 0 Å². The van der Waals surface area contributed by atoms with Crippen molar-refractivity contribution in [1.82, 2.24) is 9.97 Å². The normalized spacial score (nSPS) is 11.0. The van der Waals surface area contributed by atoms with Crippen molar-refractivity contribution in [2.24, 2.45) is 0 Å². The number of halogens is 1. The lowest BCUT2D eigenvalue weighted by Gasteiger charge is -2.21. The summed E-state index contributed by atoms with van der Waals surface area (Å²) in [6.07, 6.45) is 0. The van der Waals surface area contributed by atoms with E-state index in [0.29, 0.717) is 0 Å². The molecule has 130 valence electrons. The van der Waals surface area contributed by atoms with E-state index >= 15 is 0 Å². The zero-order chi connectivity index (χ0) is 20.0. The molecule has 4 aromatic rings. The van der Waals surface area contributed by atoms with E-state index in [1.165, 1.54) is 32.9 Å². The Hall–Kier alpha value is -2.20.